The summed E-state index contributed by atoms with van der Waals surface area (Å²) in [6.07, 6.45) is 7.72. The van der Waals surface area contributed by atoms with E-state index < -0.39 is 0 Å². The summed E-state index contributed by atoms with van der Waals surface area (Å²) in [5, 5.41) is 0. The maximum Gasteiger partial charge on any atom is 0.137 e. The van der Waals surface area contributed by atoms with E-state index >= 15 is 0 Å². The highest BCUT2D eigenvalue weighted by Gasteiger charge is 2.24. The molecule has 2 N–H and O–H groups in total. The number of likely N-dealkylation sites (N-methyl/N-ethyl adjacent to an activating group) is 1. The van der Waals surface area contributed by atoms with E-state index in [1.54, 1.807) is 12.1 Å². The molecule has 0 heterocycles. The van der Waals surface area contributed by atoms with E-state index in [-0.39, 0.29) is 11.9 Å². The van der Waals surface area contributed by atoms with E-state index in [2.05, 4.69) is 27.9 Å². The Bertz CT molecular complexity index is 430. The van der Waals surface area contributed by atoms with Crippen LogP contribution in [0.5, 0.6) is 0 Å². The van der Waals surface area contributed by atoms with Gasteiger partial charge in [-0.1, -0.05) is 31.7 Å². The molecule has 0 spiro atoms. The number of nitrogens with two attached hydrogens (primary N) is 1. The second-order valence-corrected chi connectivity index (χ2v) is 6.59. The van der Waals surface area contributed by atoms with E-state index in [9.17, 15) is 4.39 Å². The van der Waals surface area contributed by atoms with Crippen molar-refractivity contribution in [2.24, 2.45) is 5.73 Å². The van der Waals surface area contributed by atoms with Gasteiger partial charge in [-0.2, -0.15) is 0 Å². The molecule has 0 aliphatic heterocycles. The van der Waals surface area contributed by atoms with E-state index in [4.69, 9.17) is 5.73 Å². The van der Waals surface area contributed by atoms with Crippen LogP contribution in [-0.4, -0.2) is 24.5 Å². The van der Waals surface area contributed by atoms with Gasteiger partial charge >= 0.3 is 0 Å². The molecule has 2 nitrogen and oxygen atoms in total. The lowest BCUT2D eigenvalue weighted by atomic mass is 10.0. The fraction of sp³-hybridized carbons (Fsp3) is 0.625. The predicted molar refractivity (Wildman–Crippen MR) is 85.1 cm³/mol. The van der Waals surface area contributed by atoms with Crippen molar-refractivity contribution < 1.29 is 4.39 Å². The van der Waals surface area contributed by atoms with E-state index in [1.165, 1.54) is 38.5 Å². The molecule has 1 aliphatic carbocycles. The number of nitrogens with zero attached hydrogens (tertiary/aromatic N) is 1. The topological polar surface area (TPSA) is 29.3 Å². The quantitative estimate of drug-likeness (QED) is 0.829. The third-order valence-electron chi connectivity index (χ3n) is 4.44. The summed E-state index contributed by atoms with van der Waals surface area (Å²) in [7, 11) is 2.13. The van der Waals surface area contributed by atoms with Crippen LogP contribution in [-0.2, 0) is 0 Å². The average molecular weight is 343 g/mol. The zero-order valence-electron chi connectivity index (χ0n) is 12.1. The fourth-order valence-corrected chi connectivity index (χ4v) is 3.42. The number of rotatable bonds is 4. The van der Waals surface area contributed by atoms with Crippen LogP contribution in [0, 0.1) is 5.82 Å². The Kier molecular flexibility index (Phi) is 6.00. The van der Waals surface area contributed by atoms with Crippen LogP contribution >= 0.6 is 15.9 Å². The first-order chi connectivity index (χ1) is 9.63. The summed E-state index contributed by atoms with van der Waals surface area (Å²) < 4.78 is 14.2. The molecule has 0 bridgehead atoms. The van der Waals surface area contributed by atoms with E-state index in [1.807, 2.05) is 6.07 Å². The lowest BCUT2D eigenvalue weighted by molar-refractivity contribution is 0.161. The van der Waals surface area contributed by atoms with Gasteiger partial charge in [0.1, 0.15) is 5.82 Å². The summed E-state index contributed by atoms with van der Waals surface area (Å²) in [5.41, 5.74) is 6.94. The Morgan fingerprint density at radius 1 is 1.30 bits per heavy atom. The maximum absolute atomic E-state index is 13.7. The lowest BCUT2D eigenvalue weighted by Crippen LogP contribution is -2.38. The largest absolute Gasteiger partial charge is 0.329 e. The summed E-state index contributed by atoms with van der Waals surface area (Å²) >= 11 is 3.20. The van der Waals surface area contributed by atoms with Gasteiger partial charge in [0.15, 0.2) is 0 Å². The Morgan fingerprint density at radius 2 is 1.95 bits per heavy atom. The van der Waals surface area contributed by atoms with Gasteiger partial charge in [-0.3, -0.25) is 4.90 Å². The molecule has 2 rings (SSSR count). The van der Waals surface area contributed by atoms with Crippen molar-refractivity contribution in [3.8, 4) is 0 Å². The second kappa shape index (κ2) is 7.53. The molecule has 1 atom stereocenters. The molecule has 1 fully saturated rings. The molecular formula is C16H24BrFN2. The zero-order valence-corrected chi connectivity index (χ0v) is 13.7. The first-order valence-corrected chi connectivity index (χ1v) is 8.29. The normalized spacial score (nSPS) is 19.1. The highest BCUT2D eigenvalue weighted by atomic mass is 79.9. The highest BCUT2D eigenvalue weighted by Crippen LogP contribution is 2.29. The average Bonchev–Trinajstić information content (AvgIpc) is 2.72. The van der Waals surface area contributed by atoms with Crippen molar-refractivity contribution in [2.75, 3.05) is 13.6 Å². The molecule has 0 radical (unpaired) electrons. The molecule has 1 aromatic carbocycles. The SMILES string of the molecule is CN(C1CCCCCC1)C(CN)c1ccc(Br)c(F)c1. The predicted octanol–water partition coefficient (Wildman–Crippen LogP) is 4.24. The van der Waals surface area contributed by atoms with Gasteiger partial charge in [0, 0.05) is 18.6 Å². The van der Waals surface area contributed by atoms with Crippen LogP contribution < -0.4 is 5.73 Å². The van der Waals surface area contributed by atoms with Gasteiger partial charge in [-0.15, -0.1) is 0 Å². The van der Waals surface area contributed by atoms with Crippen molar-refractivity contribution in [1.82, 2.24) is 4.90 Å². The minimum absolute atomic E-state index is 0.0979. The third-order valence-corrected chi connectivity index (χ3v) is 5.09. The maximum atomic E-state index is 13.7. The minimum Gasteiger partial charge on any atom is -0.329 e. The number of hydrogen-bond acceptors (Lipinski definition) is 2. The van der Waals surface area contributed by atoms with Gasteiger partial charge in [0.05, 0.1) is 4.47 Å². The monoisotopic (exact) mass is 342 g/mol. The van der Waals surface area contributed by atoms with Gasteiger partial charge in [-0.05, 0) is 53.5 Å². The van der Waals surface area contributed by atoms with Crippen LogP contribution in [0.1, 0.15) is 50.1 Å². The number of hydrogen-bond donors (Lipinski definition) is 1. The van der Waals surface area contributed by atoms with Gasteiger partial charge in [-0.25, -0.2) is 4.39 Å². The van der Waals surface area contributed by atoms with Gasteiger partial charge < -0.3 is 5.73 Å². The Balaban J connectivity index is 2.15. The van der Waals surface area contributed by atoms with Crippen molar-refractivity contribution in [3.63, 3.8) is 0 Å². The van der Waals surface area contributed by atoms with Crippen LogP contribution in [0.4, 0.5) is 4.39 Å². The standard InChI is InChI=1S/C16H24BrFN2/c1-20(13-6-4-2-3-5-7-13)16(11-19)12-8-9-14(17)15(18)10-12/h8-10,13,16H,2-7,11,19H2,1H3. The summed E-state index contributed by atoms with van der Waals surface area (Å²) in [6, 6.07) is 6.01. The Morgan fingerprint density at radius 3 is 2.50 bits per heavy atom. The number of benzene rings is 1. The van der Waals surface area contributed by atoms with Crippen molar-refractivity contribution in [3.05, 3.63) is 34.1 Å². The van der Waals surface area contributed by atoms with Crippen molar-refractivity contribution in [2.45, 2.75) is 50.6 Å². The van der Waals surface area contributed by atoms with Crippen LogP contribution in [0.3, 0.4) is 0 Å². The van der Waals surface area contributed by atoms with Crippen LogP contribution in [0.25, 0.3) is 0 Å². The molecule has 0 amide bonds. The zero-order chi connectivity index (χ0) is 14.5. The lowest BCUT2D eigenvalue weighted by Gasteiger charge is -2.34. The van der Waals surface area contributed by atoms with Crippen molar-refractivity contribution in [1.29, 1.82) is 0 Å². The molecule has 4 heteroatoms. The first-order valence-electron chi connectivity index (χ1n) is 7.50. The summed E-state index contributed by atoms with van der Waals surface area (Å²) in [4.78, 5) is 2.36. The molecule has 1 aromatic rings. The van der Waals surface area contributed by atoms with Crippen LogP contribution in [0.15, 0.2) is 22.7 Å². The highest BCUT2D eigenvalue weighted by molar-refractivity contribution is 9.10. The van der Waals surface area contributed by atoms with Gasteiger partial charge in [0.2, 0.25) is 0 Å². The smallest absolute Gasteiger partial charge is 0.137 e. The van der Waals surface area contributed by atoms with Gasteiger partial charge in [0.25, 0.3) is 0 Å². The molecule has 20 heavy (non-hydrogen) atoms. The van der Waals surface area contributed by atoms with E-state index in [0.717, 1.165) is 5.56 Å². The summed E-state index contributed by atoms with van der Waals surface area (Å²) in [6.45, 7) is 0.522. The minimum atomic E-state index is -0.213. The Labute approximate surface area is 129 Å². The van der Waals surface area contributed by atoms with E-state index in [0.29, 0.717) is 17.1 Å². The first kappa shape index (κ1) is 15.9. The molecule has 1 aliphatic rings. The van der Waals surface area contributed by atoms with Crippen LogP contribution in [0.2, 0.25) is 0 Å². The molecule has 112 valence electrons. The molecule has 1 saturated carbocycles. The Hall–Kier alpha value is -0.450. The number of halogens is 2. The fourth-order valence-electron chi connectivity index (χ4n) is 3.18. The summed E-state index contributed by atoms with van der Waals surface area (Å²) in [5.74, 6) is -0.213. The van der Waals surface area contributed by atoms with Crippen molar-refractivity contribution >= 4 is 15.9 Å². The second-order valence-electron chi connectivity index (χ2n) is 5.74. The third kappa shape index (κ3) is 3.80. The molecular weight excluding hydrogens is 319 g/mol. The molecule has 0 aromatic heterocycles. The molecule has 0 saturated heterocycles. The molecule has 1 unspecified atom stereocenters.